The highest BCUT2D eigenvalue weighted by molar-refractivity contribution is 7.99. The number of halogens is 1. The molecule has 2 rings (SSSR count). The maximum absolute atomic E-state index is 11.5. The Hall–Kier alpha value is -1.53. The monoisotopic (exact) mass is 325 g/mol. The molecule has 0 radical (unpaired) electrons. The normalized spacial score (nSPS) is 10.9. The SMILES string of the molecule is CC(C)NC(=O)CSCc1nc(-c2ccccc2Cl)no1. The Bertz CT molecular complexity index is 616. The zero-order chi connectivity index (χ0) is 15.2. The minimum Gasteiger partial charge on any atom is -0.353 e. The summed E-state index contributed by atoms with van der Waals surface area (Å²) in [6, 6.07) is 7.46. The van der Waals surface area contributed by atoms with Crippen molar-refractivity contribution in [2.24, 2.45) is 0 Å². The zero-order valence-electron chi connectivity index (χ0n) is 11.8. The molecule has 1 N–H and O–H groups in total. The van der Waals surface area contributed by atoms with E-state index in [1.807, 2.05) is 32.0 Å². The van der Waals surface area contributed by atoms with Gasteiger partial charge >= 0.3 is 0 Å². The number of carbonyl (C=O) groups excluding carboxylic acids is 1. The summed E-state index contributed by atoms with van der Waals surface area (Å²) in [7, 11) is 0. The largest absolute Gasteiger partial charge is 0.353 e. The molecule has 0 saturated heterocycles. The van der Waals surface area contributed by atoms with Gasteiger partial charge in [-0.2, -0.15) is 4.98 Å². The van der Waals surface area contributed by atoms with Gasteiger partial charge in [0.05, 0.1) is 16.5 Å². The van der Waals surface area contributed by atoms with Crippen molar-refractivity contribution in [3.63, 3.8) is 0 Å². The predicted molar refractivity (Wildman–Crippen MR) is 84.2 cm³/mol. The summed E-state index contributed by atoms with van der Waals surface area (Å²) in [5.41, 5.74) is 0.733. The third kappa shape index (κ3) is 4.75. The molecule has 21 heavy (non-hydrogen) atoms. The Balaban J connectivity index is 1.89. The number of nitrogens with zero attached hydrogens (tertiary/aromatic N) is 2. The molecule has 0 bridgehead atoms. The summed E-state index contributed by atoms with van der Waals surface area (Å²) in [5, 5.41) is 7.31. The van der Waals surface area contributed by atoms with Crippen molar-refractivity contribution in [2.75, 3.05) is 5.75 Å². The summed E-state index contributed by atoms with van der Waals surface area (Å²) in [6.45, 7) is 3.85. The molecule has 0 aliphatic rings. The first-order valence-corrected chi connectivity index (χ1v) is 8.04. The number of hydrogen-bond acceptors (Lipinski definition) is 5. The second-order valence-corrected chi connectivity index (χ2v) is 6.10. The van der Waals surface area contributed by atoms with Gasteiger partial charge in [-0.3, -0.25) is 4.79 Å². The Morgan fingerprint density at radius 3 is 2.90 bits per heavy atom. The van der Waals surface area contributed by atoms with E-state index < -0.39 is 0 Å². The van der Waals surface area contributed by atoms with Crippen LogP contribution in [0.5, 0.6) is 0 Å². The number of amides is 1. The Morgan fingerprint density at radius 2 is 2.19 bits per heavy atom. The molecule has 0 unspecified atom stereocenters. The number of nitrogens with one attached hydrogen (secondary N) is 1. The summed E-state index contributed by atoms with van der Waals surface area (Å²) in [4.78, 5) is 15.8. The van der Waals surface area contributed by atoms with E-state index in [0.29, 0.717) is 28.2 Å². The molecule has 7 heteroatoms. The quantitative estimate of drug-likeness (QED) is 0.883. The van der Waals surface area contributed by atoms with Crippen molar-refractivity contribution >= 4 is 29.3 Å². The van der Waals surface area contributed by atoms with Gasteiger partial charge in [-0.05, 0) is 26.0 Å². The Labute approximate surface area is 132 Å². The molecule has 1 aromatic carbocycles. The first-order valence-electron chi connectivity index (χ1n) is 6.51. The van der Waals surface area contributed by atoms with Gasteiger partial charge in [-0.15, -0.1) is 11.8 Å². The van der Waals surface area contributed by atoms with E-state index in [4.69, 9.17) is 16.1 Å². The van der Waals surface area contributed by atoms with E-state index in [2.05, 4.69) is 15.5 Å². The van der Waals surface area contributed by atoms with Crippen LogP contribution in [0.4, 0.5) is 0 Å². The van der Waals surface area contributed by atoms with Crippen molar-refractivity contribution < 1.29 is 9.32 Å². The van der Waals surface area contributed by atoms with Crippen LogP contribution >= 0.6 is 23.4 Å². The minimum atomic E-state index is 0.000780. The molecular formula is C14H16ClN3O2S. The molecule has 0 fully saturated rings. The van der Waals surface area contributed by atoms with Gasteiger partial charge in [0.2, 0.25) is 17.6 Å². The fourth-order valence-corrected chi connectivity index (χ4v) is 2.54. The third-order valence-corrected chi connectivity index (χ3v) is 3.74. The first kappa shape index (κ1) is 15.9. The molecule has 112 valence electrons. The fourth-order valence-electron chi connectivity index (χ4n) is 1.66. The van der Waals surface area contributed by atoms with Crippen LogP contribution in [0.1, 0.15) is 19.7 Å². The van der Waals surface area contributed by atoms with Gasteiger partial charge in [-0.1, -0.05) is 28.9 Å². The zero-order valence-corrected chi connectivity index (χ0v) is 13.4. The number of thioether (sulfide) groups is 1. The maximum atomic E-state index is 11.5. The van der Waals surface area contributed by atoms with Crippen molar-refractivity contribution in [1.29, 1.82) is 0 Å². The van der Waals surface area contributed by atoms with Crippen LogP contribution in [0.2, 0.25) is 5.02 Å². The average Bonchev–Trinajstić information content (AvgIpc) is 2.87. The van der Waals surface area contributed by atoms with Crippen molar-refractivity contribution in [2.45, 2.75) is 25.6 Å². The maximum Gasteiger partial charge on any atom is 0.236 e. The molecule has 1 heterocycles. The van der Waals surface area contributed by atoms with Crippen LogP contribution < -0.4 is 5.32 Å². The second kappa shape index (κ2) is 7.47. The lowest BCUT2D eigenvalue weighted by atomic mass is 10.2. The van der Waals surface area contributed by atoms with Gasteiger partial charge in [0.15, 0.2) is 0 Å². The van der Waals surface area contributed by atoms with Crippen molar-refractivity contribution in [3.8, 4) is 11.4 Å². The standard InChI is InChI=1S/C14H16ClN3O2S/c1-9(2)16-12(19)7-21-8-13-17-14(18-20-13)10-5-3-4-6-11(10)15/h3-6,9H,7-8H2,1-2H3,(H,16,19). The molecule has 1 amide bonds. The molecule has 0 atom stereocenters. The molecular weight excluding hydrogens is 310 g/mol. The van der Waals surface area contributed by atoms with Crippen LogP contribution in [0, 0.1) is 0 Å². The molecule has 2 aromatic rings. The average molecular weight is 326 g/mol. The minimum absolute atomic E-state index is 0.000780. The lowest BCUT2D eigenvalue weighted by Crippen LogP contribution is -2.31. The number of hydrogen-bond donors (Lipinski definition) is 1. The van der Waals surface area contributed by atoms with Gasteiger partial charge < -0.3 is 9.84 Å². The molecule has 5 nitrogen and oxygen atoms in total. The predicted octanol–water partition coefficient (Wildman–Crippen LogP) is 3.15. The topological polar surface area (TPSA) is 68.0 Å². The van der Waals surface area contributed by atoms with Crippen LogP contribution in [-0.2, 0) is 10.5 Å². The highest BCUT2D eigenvalue weighted by Crippen LogP contribution is 2.25. The summed E-state index contributed by atoms with van der Waals surface area (Å²) >= 11 is 7.51. The van der Waals surface area contributed by atoms with E-state index in [0.717, 1.165) is 5.56 Å². The van der Waals surface area contributed by atoms with E-state index in [1.165, 1.54) is 11.8 Å². The summed E-state index contributed by atoms with van der Waals surface area (Å²) < 4.78 is 5.16. The first-order chi connectivity index (χ1) is 10.1. The summed E-state index contributed by atoms with van der Waals surface area (Å²) in [5.74, 6) is 1.79. The van der Waals surface area contributed by atoms with E-state index in [-0.39, 0.29) is 11.9 Å². The molecule has 0 aliphatic heterocycles. The van der Waals surface area contributed by atoms with E-state index >= 15 is 0 Å². The fraction of sp³-hybridized carbons (Fsp3) is 0.357. The molecule has 0 aliphatic carbocycles. The number of aromatic nitrogens is 2. The van der Waals surface area contributed by atoms with E-state index in [1.54, 1.807) is 6.07 Å². The van der Waals surface area contributed by atoms with E-state index in [9.17, 15) is 4.79 Å². The molecule has 0 saturated carbocycles. The lowest BCUT2D eigenvalue weighted by Gasteiger charge is -2.06. The third-order valence-electron chi connectivity index (χ3n) is 2.49. The summed E-state index contributed by atoms with van der Waals surface area (Å²) in [6.07, 6.45) is 0. The second-order valence-electron chi connectivity index (χ2n) is 4.71. The van der Waals surface area contributed by atoms with Gasteiger partial charge in [0.1, 0.15) is 0 Å². The van der Waals surface area contributed by atoms with Crippen molar-refractivity contribution in [1.82, 2.24) is 15.5 Å². The van der Waals surface area contributed by atoms with Crippen LogP contribution in [0.3, 0.4) is 0 Å². The smallest absolute Gasteiger partial charge is 0.236 e. The van der Waals surface area contributed by atoms with Gasteiger partial charge in [0, 0.05) is 11.6 Å². The lowest BCUT2D eigenvalue weighted by molar-refractivity contribution is -0.119. The van der Waals surface area contributed by atoms with Crippen molar-refractivity contribution in [3.05, 3.63) is 35.2 Å². The van der Waals surface area contributed by atoms with Crippen LogP contribution in [-0.4, -0.2) is 27.8 Å². The number of rotatable bonds is 6. The van der Waals surface area contributed by atoms with Gasteiger partial charge in [0.25, 0.3) is 0 Å². The van der Waals surface area contributed by atoms with Crippen LogP contribution in [0.25, 0.3) is 11.4 Å². The number of carbonyl (C=O) groups is 1. The Kier molecular flexibility index (Phi) is 5.64. The van der Waals surface area contributed by atoms with Gasteiger partial charge in [-0.25, -0.2) is 0 Å². The highest BCUT2D eigenvalue weighted by atomic mass is 35.5. The number of benzene rings is 1. The molecule has 0 spiro atoms. The van der Waals surface area contributed by atoms with Crippen LogP contribution in [0.15, 0.2) is 28.8 Å². The highest BCUT2D eigenvalue weighted by Gasteiger charge is 2.12. The Morgan fingerprint density at radius 1 is 1.43 bits per heavy atom. The molecule has 1 aromatic heterocycles.